The molecule has 0 aromatic heterocycles. The molecule has 4 aliphatic rings. The van der Waals surface area contributed by atoms with E-state index in [1.165, 1.54) is 66.1 Å². The van der Waals surface area contributed by atoms with Gasteiger partial charge in [0.2, 0.25) is 0 Å². The van der Waals surface area contributed by atoms with E-state index in [9.17, 15) is 0 Å². The molecule has 0 fully saturated rings. The first-order chi connectivity index (χ1) is 14.8. The van der Waals surface area contributed by atoms with Gasteiger partial charge in [-0.2, -0.15) is 0 Å². The zero-order valence-electron chi connectivity index (χ0n) is 16.8. The van der Waals surface area contributed by atoms with Gasteiger partial charge in [-0.3, -0.25) is 0 Å². The van der Waals surface area contributed by atoms with E-state index in [0.717, 1.165) is 25.7 Å². The Bertz CT molecular complexity index is 1450. The lowest BCUT2D eigenvalue weighted by Crippen LogP contribution is -1.94. The van der Waals surface area contributed by atoms with Crippen LogP contribution in [0.4, 0.5) is 0 Å². The fraction of sp³-hybridized carbons (Fsp3) is 0.133. The molecular weight excluding hydrogens is 360 g/mol. The smallest absolute Gasteiger partial charge is 0.00104 e. The molecule has 0 saturated carbocycles. The summed E-state index contributed by atoms with van der Waals surface area (Å²) in [6.07, 6.45) is 13.4. The maximum atomic E-state index is 2.47. The lowest BCUT2D eigenvalue weighted by Gasteiger charge is -2.12. The van der Waals surface area contributed by atoms with Gasteiger partial charge in [0.15, 0.2) is 0 Å². The van der Waals surface area contributed by atoms with Crippen LogP contribution in [0, 0.1) is 0 Å². The Hall–Kier alpha value is -3.38. The summed E-state index contributed by atoms with van der Waals surface area (Å²) < 4.78 is 0. The molecule has 0 nitrogen and oxygen atoms in total. The van der Waals surface area contributed by atoms with Crippen LogP contribution < -0.4 is 0 Å². The highest BCUT2D eigenvalue weighted by molar-refractivity contribution is 6.07. The molecule has 4 aromatic rings. The Morgan fingerprint density at radius 1 is 0.433 bits per heavy atom. The Labute approximate surface area is 175 Å². The molecule has 0 spiro atoms. The van der Waals surface area contributed by atoms with E-state index in [1.807, 2.05) is 0 Å². The molecule has 0 atom stereocenters. The number of fused-ring (bicyclic) bond motifs is 8. The van der Waals surface area contributed by atoms with Crippen molar-refractivity contribution in [3.63, 3.8) is 0 Å². The van der Waals surface area contributed by atoms with Gasteiger partial charge in [0.05, 0.1) is 0 Å². The molecule has 8 rings (SSSR count). The highest BCUT2D eigenvalue weighted by atomic mass is 14.3. The molecule has 0 unspecified atom stereocenters. The van der Waals surface area contributed by atoms with Crippen LogP contribution in [0.1, 0.15) is 44.5 Å². The summed E-state index contributed by atoms with van der Waals surface area (Å²) in [7, 11) is 0. The van der Waals surface area contributed by atoms with Crippen molar-refractivity contribution in [3.8, 4) is 0 Å². The summed E-state index contributed by atoms with van der Waals surface area (Å²) in [6, 6.07) is 19.4. The van der Waals surface area contributed by atoms with E-state index in [4.69, 9.17) is 0 Å². The second-order valence-corrected chi connectivity index (χ2v) is 9.34. The predicted molar refractivity (Wildman–Crippen MR) is 128 cm³/mol. The van der Waals surface area contributed by atoms with Crippen LogP contribution in [0.25, 0.3) is 44.8 Å². The normalized spacial score (nSPS) is 17.1. The van der Waals surface area contributed by atoms with Crippen LogP contribution in [0.5, 0.6) is 0 Å². The third kappa shape index (κ3) is 1.92. The van der Waals surface area contributed by atoms with Gasteiger partial charge in [0.25, 0.3) is 0 Å². The standard InChI is InChI=1S/C30H20/c1-3-17-7-21-11-25-15-30-28-14-24-10-20-6-2-4-18(20)8-22(24)12-26(28)16-29(30)27(25)13-23(21)9-19(17)5-1/h1-4,7-14H,5-6,15-16H2. The van der Waals surface area contributed by atoms with Crippen molar-refractivity contribution in [2.45, 2.75) is 25.7 Å². The van der Waals surface area contributed by atoms with Gasteiger partial charge in [0, 0.05) is 0 Å². The molecule has 0 amide bonds. The number of hydrogen-bond acceptors (Lipinski definition) is 0. The Morgan fingerprint density at radius 2 is 0.867 bits per heavy atom. The van der Waals surface area contributed by atoms with Crippen LogP contribution in [0.15, 0.2) is 60.7 Å². The van der Waals surface area contributed by atoms with Crippen molar-refractivity contribution in [1.29, 1.82) is 0 Å². The van der Waals surface area contributed by atoms with E-state index in [0.29, 0.717) is 0 Å². The van der Waals surface area contributed by atoms with Crippen molar-refractivity contribution in [2.24, 2.45) is 0 Å². The summed E-state index contributed by atoms with van der Waals surface area (Å²) in [6.45, 7) is 0. The SMILES string of the molecule is C1=Cc2cc3cc4c(cc3cc2C1)C1=C(C4)c2cc3cc4c(cc3cc2C1)C=CC4. The second kappa shape index (κ2) is 5.21. The first kappa shape index (κ1) is 15.5. The summed E-state index contributed by atoms with van der Waals surface area (Å²) in [5, 5.41) is 5.58. The largest absolute Gasteiger partial charge is 0.0795 e. The monoisotopic (exact) mass is 380 g/mol. The number of hydrogen-bond donors (Lipinski definition) is 0. The molecule has 4 aromatic carbocycles. The van der Waals surface area contributed by atoms with Gasteiger partial charge < -0.3 is 0 Å². The van der Waals surface area contributed by atoms with Gasteiger partial charge in [-0.25, -0.2) is 0 Å². The predicted octanol–water partition coefficient (Wildman–Crippen LogP) is 7.15. The first-order valence-corrected chi connectivity index (χ1v) is 11.1. The van der Waals surface area contributed by atoms with E-state index in [-0.39, 0.29) is 0 Å². The average Bonchev–Trinajstić information content (AvgIpc) is 3.51. The van der Waals surface area contributed by atoms with Gasteiger partial charge >= 0.3 is 0 Å². The van der Waals surface area contributed by atoms with Crippen molar-refractivity contribution in [1.82, 2.24) is 0 Å². The molecule has 0 radical (unpaired) electrons. The summed E-state index contributed by atoms with van der Waals surface area (Å²) in [5.74, 6) is 0. The minimum absolute atomic E-state index is 1.08. The lowest BCUT2D eigenvalue weighted by atomic mass is 9.92. The fourth-order valence-corrected chi connectivity index (χ4v) is 6.18. The zero-order valence-corrected chi connectivity index (χ0v) is 16.8. The highest BCUT2D eigenvalue weighted by Crippen LogP contribution is 2.48. The third-order valence-electron chi connectivity index (χ3n) is 7.66. The number of benzene rings is 4. The molecular formula is C30H20. The summed E-state index contributed by atoms with van der Waals surface area (Å²) in [4.78, 5) is 0. The van der Waals surface area contributed by atoms with Gasteiger partial charge in [-0.1, -0.05) is 48.6 Å². The Balaban J connectivity index is 1.29. The Morgan fingerprint density at radius 3 is 1.37 bits per heavy atom. The van der Waals surface area contributed by atoms with Gasteiger partial charge in [0.1, 0.15) is 0 Å². The maximum Gasteiger partial charge on any atom is -0.00104 e. The van der Waals surface area contributed by atoms with Gasteiger partial charge in [-0.15, -0.1) is 0 Å². The summed E-state index contributed by atoms with van der Waals surface area (Å²) in [5.41, 5.74) is 14.9. The average molecular weight is 380 g/mol. The third-order valence-corrected chi connectivity index (χ3v) is 7.66. The van der Waals surface area contributed by atoms with Crippen molar-refractivity contribution >= 4 is 44.8 Å². The van der Waals surface area contributed by atoms with Crippen LogP contribution in [-0.2, 0) is 25.7 Å². The van der Waals surface area contributed by atoms with E-state index in [2.05, 4.69) is 72.8 Å². The topological polar surface area (TPSA) is 0 Å². The van der Waals surface area contributed by atoms with Crippen LogP contribution in [0.3, 0.4) is 0 Å². The highest BCUT2D eigenvalue weighted by Gasteiger charge is 2.30. The lowest BCUT2D eigenvalue weighted by molar-refractivity contribution is 1.27. The molecule has 0 N–H and O–H groups in total. The molecule has 0 heteroatoms. The minimum Gasteiger partial charge on any atom is -0.0795 e. The van der Waals surface area contributed by atoms with E-state index >= 15 is 0 Å². The van der Waals surface area contributed by atoms with E-state index in [1.54, 1.807) is 11.1 Å². The van der Waals surface area contributed by atoms with Crippen molar-refractivity contribution in [2.75, 3.05) is 0 Å². The van der Waals surface area contributed by atoms with Crippen molar-refractivity contribution in [3.05, 3.63) is 105 Å². The maximum absolute atomic E-state index is 2.47. The molecule has 0 heterocycles. The van der Waals surface area contributed by atoms with Crippen LogP contribution in [-0.4, -0.2) is 0 Å². The molecule has 140 valence electrons. The van der Waals surface area contributed by atoms with Crippen LogP contribution >= 0.6 is 0 Å². The molecule has 0 bridgehead atoms. The molecule has 30 heavy (non-hydrogen) atoms. The Kier molecular flexibility index (Phi) is 2.68. The fourth-order valence-electron chi connectivity index (χ4n) is 6.18. The molecule has 4 aliphatic carbocycles. The van der Waals surface area contributed by atoms with Crippen LogP contribution in [0.2, 0.25) is 0 Å². The van der Waals surface area contributed by atoms with Crippen molar-refractivity contribution < 1.29 is 0 Å². The number of rotatable bonds is 0. The van der Waals surface area contributed by atoms with E-state index < -0.39 is 0 Å². The quantitative estimate of drug-likeness (QED) is 0.304. The second-order valence-electron chi connectivity index (χ2n) is 9.34. The number of allylic oxidation sites excluding steroid dienone is 4. The molecule has 0 aliphatic heterocycles. The minimum atomic E-state index is 1.08. The first-order valence-electron chi connectivity index (χ1n) is 11.1. The summed E-state index contributed by atoms with van der Waals surface area (Å²) >= 11 is 0. The van der Waals surface area contributed by atoms with Gasteiger partial charge in [-0.05, 0) is 127 Å². The zero-order chi connectivity index (χ0) is 19.4. The molecule has 0 saturated heterocycles.